The Hall–Kier alpha value is -0.860. The van der Waals surface area contributed by atoms with Gasteiger partial charge in [-0.25, -0.2) is 0 Å². The molecule has 0 fully saturated rings. The van der Waals surface area contributed by atoms with Crippen molar-refractivity contribution in [1.82, 2.24) is 0 Å². The fourth-order valence-electron chi connectivity index (χ4n) is 1.19. The molecule has 2 nitrogen and oxygen atoms in total. The van der Waals surface area contributed by atoms with E-state index in [0.29, 0.717) is 12.7 Å². The summed E-state index contributed by atoms with van der Waals surface area (Å²) in [6.07, 6.45) is 1.34. The summed E-state index contributed by atoms with van der Waals surface area (Å²) >= 11 is 0. The molecule has 1 atom stereocenters. The van der Waals surface area contributed by atoms with Gasteiger partial charge >= 0.3 is 0 Å². The average molecular weight is 180 g/mol. The van der Waals surface area contributed by atoms with Gasteiger partial charge in [0.2, 0.25) is 0 Å². The highest BCUT2D eigenvalue weighted by atomic mass is 16.5. The zero-order valence-corrected chi connectivity index (χ0v) is 8.20. The Balaban J connectivity index is 2.34. The van der Waals surface area contributed by atoms with Crippen molar-refractivity contribution in [3.05, 3.63) is 35.9 Å². The van der Waals surface area contributed by atoms with Crippen LogP contribution in [0.2, 0.25) is 0 Å². The van der Waals surface area contributed by atoms with Crippen molar-refractivity contribution in [1.29, 1.82) is 0 Å². The molecule has 0 aliphatic heterocycles. The van der Waals surface area contributed by atoms with Gasteiger partial charge in [-0.15, -0.1) is 0 Å². The second-order valence-corrected chi connectivity index (χ2v) is 3.12. The Morgan fingerprint density at radius 1 is 1.31 bits per heavy atom. The predicted molar refractivity (Wildman–Crippen MR) is 53.1 cm³/mol. The molecule has 0 aliphatic carbocycles. The standard InChI is InChI=1S/C11H17NO/c1-2-11(8-12)13-9-10-6-4-3-5-7-10/h3-7,11H,2,8-9,12H2,1H3/p+1. The summed E-state index contributed by atoms with van der Waals surface area (Å²) in [7, 11) is 0. The van der Waals surface area contributed by atoms with Gasteiger partial charge in [-0.3, -0.25) is 0 Å². The first-order chi connectivity index (χ1) is 6.36. The van der Waals surface area contributed by atoms with E-state index in [0.717, 1.165) is 13.0 Å². The van der Waals surface area contributed by atoms with Gasteiger partial charge in [-0.1, -0.05) is 37.3 Å². The van der Waals surface area contributed by atoms with Gasteiger partial charge in [0.1, 0.15) is 12.6 Å². The maximum absolute atomic E-state index is 5.66. The Bertz CT molecular complexity index is 219. The third-order valence-electron chi connectivity index (χ3n) is 2.11. The molecule has 0 saturated heterocycles. The SMILES string of the molecule is CCC(C[NH3+])OCc1ccccc1. The molecular weight excluding hydrogens is 162 g/mol. The molecule has 3 N–H and O–H groups in total. The minimum Gasteiger partial charge on any atom is -0.368 e. The van der Waals surface area contributed by atoms with Crippen LogP contribution in [0.4, 0.5) is 0 Å². The minimum absolute atomic E-state index is 0.306. The lowest BCUT2D eigenvalue weighted by Gasteiger charge is -2.11. The second-order valence-electron chi connectivity index (χ2n) is 3.12. The molecule has 0 saturated carbocycles. The molecule has 0 aromatic heterocycles. The van der Waals surface area contributed by atoms with Crippen LogP contribution >= 0.6 is 0 Å². The van der Waals surface area contributed by atoms with E-state index in [2.05, 4.69) is 24.8 Å². The van der Waals surface area contributed by atoms with Gasteiger partial charge in [-0.05, 0) is 12.0 Å². The van der Waals surface area contributed by atoms with Crippen LogP contribution in [0.15, 0.2) is 30.3 Å². The number of ether oxygens (including phenoxy) is 1. The van der Waals surface area contributed by atoms with Crippen molar-refractivity contribution >= 4 is 0 Å². The lowest BCUT2D eigenvalue weighted by Crippen LogP contribution is -2.56. The molecule has 0 aliphatic rings. The molecule has 1 unspecified atom stereocenters. The lowest BCUT2D eigenvalue weighted by molar-refractivity contribution is -0.387. The summed E-state index contributed by atoms with van der Waals surface area (Å²) < 4.78 is 5.66. The fourth-order valence-corrected chi connectivity index (χ4v) is 1.19. The Labute approximate surface area is 79.7 Å². The van der Waals surface area contributed by atoms with Gasteiger partial charge in [0.25, 0.3) is 0 Å². The Morgan fingerprint density at radius 3 is 2.54 bits per heavy atom. The summed E-state index contributed by atoms with van der Waals surface area (Å²) in [6, 6.07) is 10.2. The molecule has 0 heterocycles. The Kier molecular flexibility index (Phi) is 4.50. The van der Waals surface area contributed by atoms with E-state index in [4.69, 9.17) is 4.74 Å². The number of hydrogen-bond donors (Lipinski definition) is 1. The molecule has 0 spiro atoms. The van der Waals surface area contributed by atoms with Crippen LogP contribution < -0.4 is 5.73 Å². The number of quaternary nitrogens is 1. The first-order valence-corrected chi connectivity index (χ1v) is 4.81. The number of benzene rings is 1. The fraction of sp³-hybridized carbons (Fsp3) is 0.455. The smallest absolute Gasteiger partial charge is 0.106 e. The average Bonchev–Trinajstić information content (AvgIpc) is 2.21. The summed E-state index contributed by atoms with van der Waals surface area (Å²) in [4.78, 5) is 0. The van der Waals surface area contributed by atoms with E-state index in [-0.39, 0.29) is 0 Å². The summed E-state index contributed by atoms with van der Waals surface area (Å²) in [5, 5.41) is 0. The van der Waals surface area contributed by atoms with Crippen molar-refractivity contribution < 1.29 is 10.5 Å². The maximum atomic E-state index is 5.66. The van der Waals surface area contributed by atoms with E-state index >= 15 is 0 Å². The topological polar surface area (TPSA) is 36.9 Å². The van der Waals surface area contributed by atoms with Crippen LogP contribution in [0.25, 0.3) is 0 Å². The molecule has 1 rings (SSSR count). The molecule has 0 radical (unpaired) electrons. The molecule has 0 amide bonds. The van der Waals surface area contributed by atoms with E-state index in [9.17, 15) is 0 Å². The van der Waals surface area contributed by atoms with E-state index in [1.807, 2.05) is 18.2 Å². The van der Waals surface area contributed by atoms with E-state index in [1.54, 1.807) is 0 Å². The van der Waals surface area contributed by atoms with Gasteiger partial charge in [0.05, 0.1) is 6.61 Å². The highest BCUT2D eigenvalue weighted by Gasteiger charge is 2.05. The van der Waals surface area contributed by atoms with Crippen molar-refractivity contribution in [2.75, 3.05) is 6.54 Å². The van der Waals surface area contributed by atoms with Gasteiger partial charge in [0.15, 0.2) is 0 Å². The van der Waals surface area contributed by atoms with Gasteiger partial charge in [-0.2, -0.15) is 0 Å². The Morgan fingerprint density at radius 2 is 2.00 bits per heavy atom. The zero-order chi connectivity index (χ0) is 9.52. The van der Waals surface area contributed by atoms with E-state index < -0.39 is 0 Å². The van der Waals surface area contributed by atoms with Crippen LogP contribution in [0.3, 0.4) is 0 Å². The third-order valence-corrected chi connectivity index (χ3v) is 2.11. The van der Waals surface area contributed by atoms with Crippen molar-refractivity contribution in [3.63, 3.8) is 0 Å². The second kappa shape index (κ2) is 5.73. The largest absolute Gasteiger partial charge is 0.368 e. The van der Waals surface area contributed by atoms with Crippen LogP contribution in [0, 0.1) is 0 Å². The van der Waals surface area contributed by atoms with Crippen molar-refractivity contribution in [2.45, 2.75) is 26.1 Å². The first-order valence-electron chi connectivity index (χ1n) is 4.81. The highest BCUT2D eigenvalue weighted by molar-refractivity contribution is 5.13. The zero-order valence-electron chi connectivity index (χ0n) is 8.20. The van der Waals surface area contributed by atoms with Crippen molar-refractivity contribution in [2.24, 2.45) is 0 Å². The molecule has 1 aromatic carbocycles. The minimum atomic E-state index is 0.306. The molecule has 72 valence electrons. The summed E-state index contributed by atoms with van der Waals surface area (Å²) in [5.41, 5.74) is 5.08. The van der Waals surface area contributed by atoms with Gasteiger partial charge < -0.3 is 10.5 Å². The molecule has 13 heavy (non-hydrogen) atoms. The normalized spacial score (nSPS) is 12.8. The highest BCUT2D eigenvalue weighted by Crippen LogP contribution is 2.04. The number of rotatable bonds is 5. The molecular formula is C11H18NO+. The van der Waals surface area contributed by atoms with Crippen LogP contribution in [-0.2, 0) is 11.3 Å². The van der Waals surface area contributed by atoms with Crippen LogP contribution in [-0.4, -0.2) is 12.6 Å². The maximum Gasteiger partial charge on any atom is 0.106 e. The summed E-state index contributed by atoms with van der Waals surface area (Å²) in [6.45, 7) is 3.68. The summed E-state index contributed by atoms with van der Waals surface area (Å²) in [5.74, 6) is 0. The predicted octanol–water partition coefficient (Wildman–Crippen LogP) is 1.22. The molecule has 0 bridgehead atoms. The quantitative estimate of drug-likeness (QED) is 0.727. The lowest BCUT2D eigenvalue weighted by atomic mass is 10.2. The molecule has 2 heteroatoms. The first kappa shape index (κ1) is 10.2. The van der Waals surface area contributed by atoms with E-state index in [1.165, 1.54) is 5.56 Å². The van der Waals surface area contributed by atoms with Crippen LogP contribution in [0.5, 0.6) is 0 Å². The third kappa shape index (κ3) is 3.57. The monoisotopic (exact) mass is 180 g/mol. The number of hydrogen-bond acceptors (Lipinski definition) is 1. The van der Waals surface area contributed by atoms with Crippen LogP contribution in [0.1, 0.15) is 18.9 Å². The van der Waals surface area contributed by atoms with Gasteiger partial charge in [0, 0.05) is 0 Å². The van der Waals surface area contributed by atoms with Crippen molar-refractivity contribution in [3.8, 4) is 0 Å². The molecule has 1 aromatic rings.